The minimum atomic E-state index is -0.281. The Balaban J connectivity index is 2.79. The SMILES string of the molecule is NCCC(N)c1ccccc1F. The predicted molar refractivity (Wildman–Crippen MR) is 47.0 cm³/mol. The van der Waals surface area contributed by atoms with Crippen LogP contribution in [0.3, 0.4) is 0 Å². The van der Waals surface area contributed by atoms with Gasteiger partial charge >= 0.3 is 0 Å². The van der Waals surface area contributed by atoms with Crippen molar-refractivity contribution in [1.29, 1.82) is 0 Å². The summed E-state index contributed by atoms with van der Waals surface area (Å²) in [7, 11) is 0. The van der Waals surface area contributed by atoms with Crippen molar-refractivity contribution in [1.82, 2.24) is 0 Å². The number of benzene rings is 1. The van der Waals surface area contributed by atoms with Crippen LogP contribution >= 0.6 is 0 Å². The normalized spacial score (nSPS) is 12.9. The molecule has 0 aliphatic heterocycles. The van der Waals surface area contributed by atoms with Gasteiger partial charge in [0.2, 0.25) is 0 Å². The minimum absolute atomic E-state index is 0.251. The Morgan fingerprint density at radius 1 is 1.33 bits per heavy atom. The van der Waals surface area contributed by atoms with Crippen LogP contribution < -0.4 is 11.5 Å². The van der Waals surface area contributed by atoms with Gasteiger partial charge in [0.25, 0.3) is 0 Å². The highest BCUT2D eigenvalue weighted by atomic mass is 19.1. The van der Waals surface area contributed by atoms with Crippen molar-refractivity contribution < 1.29 is 4.39 Å². The third-order valence-corrected chi connectivity index (χ3v) is 1.78. The van der Waals surface area contributed by atoms with E-state index in [-0.39, 0.29) is 11.9 Å². The van der Waals surface area contributed by atoms with Crippen LogP contribution in [-0.2, 0) is 0 Å². The molecule has 12 heavy (non-hydrogen) atoms. The van der Waals surface area contributed by atoms with Gasteiger partial charge in [-0.1, -0.05) is 18.2 Å². The molecule has 0 saturated carbocycles. The molecule has 0 aromatic heterocycles. The molecule has 0 bridgehead atoms. The fourth-order valence-corrected chi connectivity index (χ4v) is 1.11. The number of nitrogens with two attached hydrogens (primary N) is 2. The van der Waals surface area contributed by atoms with Gasteiger partial charge in [0.1, 0.15) is 5.82 Å². The van der Waals surface area contributed by atoms with Crippen LogP contribution in [0.4, 0.5) is 4.39 Å². The molecule has 1 aromatic carbocycles. The van der Waals surface area contributed by atoms with E-state index in [9.17, 15) is 4.39 Å². The largest absolute Gasteiger partial charge is 0.330 e. The Morgan fingerprint density at radius 2 is 2.00 bits per heavy atom. The summed E-state index contributed by atoms with van der Waals surface area (Å²) in [5.41, 5.74) is 11.5. The van der Waals surface area contributed by atoms with Crippen molar-refractivity contribution in [2.24, 2.45) is 11.5 Å². The third-order valence-electron chi connectivity index (χ3n) is 1.78. The van der Waals surface area contributed by atoms with Gasteiger partial charge in [-0.2, -0.15) is 0 Å². The van der Waals surface area contributed by atoms with Crippen molar-refractivity contribution in [2.75, 3.05) is 6.54 Å². The van der Waals surface area contributed by atoms with Crippen molar-refractivity contribution in [2.45, 2.75) is 12.5 Å². The molecule has 0 fully saturated rings. The summed E-state index contributed by atoms with van der Waals surface area (Å²) in [5, 5.41) is 0. The van der Waals surface area contributed by atoms with E-state index in [0.717, 1.165) is 0 Å². The van der Waals surface area contributed by atoms with Gasteiger partial charge in [-0.05, 0) is 19.0 Å². The standard InChI is InChI=1S/C9H13FN2/c10-8-4-2-1-3-7(8)9(12)5-6-11/h1-4,9H,5-6,11-12H2. The van der Waals surface area contributed by atoms with E-state index >= 15 is 0 Å². The highest BCUT2D eigenvalue weighted by Crippen LogP contribution is 2.16. The molecular formula is C9H13FN2. The van der Waals surface area contributed by atoms with Crippen LogP contribution in [0.5, 0.6) is 0 Å². The quantitative estimate of drug-likeness (QED) is 0.712. The molecule has 1 aromatic rings. The van der Waals surface area contributed by atoms with Crippen molar-refractivity contribution in [3.05, 3.63) is 35.6 Å². The Kier molecular flexibility index (Phi) is 3.19. The molecule has 0 amide bonds. The molecule has 66 valence electrons. The Labute approximate surface area is 71.4 Å². The summed E-state index contributed by atoms with van der Waals surface area (Å²) < 4.78 is 13.0. The molecule has 0 aliphatic carbocycles. The van der Waals surface area contributed by atoms with Crippen molar-refractivity contribution >= 4 is 0 Å². The highest BCUT2D eigenvalue weighted by Gasteiger charge is 2.08. The second kappa shape index (κ2) is 4.18. The molecular weight excluding hydrogens is 155 g/mol. The molecule has 4 N–H and O–H groups in total. The first-order valence-corrected chi connectivity index (χ1v) is 3.95. The summed E-state index contributed by atoms with van der Waals surface area (Å²) in [5.74, 6) is -0.251. The fraction of sp³-hybridized carbons (Fsp3) is 0.333. The summed E-state index contributed by atoms with van der Waals surface area (Å²) >= 11 is 0. The van der Waals surface area contributed by atoms with Gasteiger partial charge in [0.15, 0.2) is 0 Å². The minimum Gasteiger partial charge on any atom is -0.330 e. The Bertz CT molecular complexity index is 250. The van der Waals surface area contributed by atoms with Gasteiger partial charge in [0, 0.05) is 11.6 Å². The number of halogens is 1. The number of rotatable bonds is 3. The average Bonchev–Trinajstić information content (AvgIpc) is 2.05. The van der Waals surface area contributed by atoms with Crippen molar-refractivity contribution in [3.63, 3.8) is 0 Å². The van der Waals surface area contributed by atoms with E-state index in [4.69, 9.17) is 11.5 Å². The molecule has 0 spiro atoms. The van der Waals surface area contributed by atoms with Crippen LogP contribution in [0.1, 0.15) is 18.0 Å². The van der Waals surface area contributed by atoms with Crippen LogP contribution in [-0.4, -0.2) is 6.54 Å². The molecule has 0 saturated heterocycles. The molecule has 0 radical (unpaired) electrons. The maximum absolute atomic E-state index is 13.0. The number of hydrogen-bond donors (Lipinski definition) is 2. The first kappa shape index (κ1) is 9.16. The first-order chi connectivity index (χ1) is 5.75. The smallest absolute Gasteiger partial charge is 0.127 e. The van der Waals surface area contributed by atoms with Crippen LogP contribution in [0.25, 0.3) is 0 Å². The zero-order chi connectivity index (χ0) is 8.97. The highest BCUT2D eigenvalue weighted by molar-refractivity contribution is 5.20. The molecule has 1 unspecified atom stereocenters. The lowest BCUT2D eigenvalue weighted by Gasteiger charge is -2.10. The summed E-state index contributed by atoms with van der Waals surface area (Å²) in [4.78, 5) is 0. The topological polar surface area (TPSA) is 52.0 Å². The maximum Gasteiger partial charge on any atom is 0.127 e. The van der Waals surface area contributed by atoms with Gasteiger partial charge in [-0.3, -0.25) is 0 Å². The lowest BCUT2D eigenvalue weighted by Crippen LogP contribution is -2.16. The maximum atomic E-state index is 13.0. The molecule has 2 nitrogen and oxygen atoms in total. The van der Waals surface area contributed by atoms with E-state index in [2.05, 4.69) is 0 Å². The second-order valence-electron chi connectivity index (χ2n) is 2.71. The Hall–Kier alpha value is -0.930. The van der Waals surface area contributed by atoms with Gasteiger partial charge in [0.05, 0.1) is 0 Å². The van der Waals surface area contributed by atoms with E-state index in [1.807, 2.05) is 0 Å². The number of hydrogen-bond acceptors (Lipinski definition) is 2. The molecule has 0 aliphatic rings. The van der Waals surface area contributed by atoms with Crippen LogP contribution in [0, 0.1) is 5.82 Å². The van der Waals surface area contributed by atoms with Crippen molar-refractivity contribution in [3.8, 4) is 0 Å². The van der Waals surface area contributed by atoms with Gasteiger partial charge in [-0.25, -0.2) is 4.39 Å². The third kappa shape index (κ3) is 2.03. The second-order valence-corrected chi connectivity index (χ2v) is 2.71. The molecule has 1 atom stereocenters. The van der Waals surface area contributed by atoms with Gasteiger partial charge in [-0.15, -0.1) is 0 Å². The average molecular weight is 168 g/mol. The van der Waals surface area contributed by atoms with E-state index in [0.29, 0.717) is 18.5 Å². The van der Waals surface area contributed by atoms with E-state index < -0.39 is 0 Å². The lowest BCUT2D eigenvalue weighted by atomic mass is 10.0. The molecule has 3 heteroatoms. The summed E-state index contributed by atoms with van der Waals surface area (Å²) in [6, 6.07) is 6.24. The molecule has 1 rings (SSSR count). The fourth-order valence-electron chi connectivity index (χ4n) is 1.11. The Morgan fingerprint density at radius 3 is 2.58 bits per heavy atom. The zero-order valence-electron chi connectivity index (χ0n) is 6.83. The monoisotopic (exact) mass is 168 g/mol. The van der Waals surface area contributed by atoms with Gasteiger partial charge < -0.3 is 11.5 Å². The summed E-state index contributed by atoms with van der Waals surface area (Å²) in [6.07, 6.45) is 0.612. The van der Waals surface area contributed by atoms with Crippen LogP contribution in [0.2, 0.25) is 0 Å². The van der Waals surface area contributed by atoms with E-state index in [1.54, 1.807) is 18.2 Å². The lowest BCUT2D eigenvalue weighted by molar-refractivity contribution is 0.567. The predicted octanol–water partition coefficient (Wildman–Crippen LogP) is 1.17. The van der Waals surface area contributed by atoms with E-state index in [1.165, 1.54) is 6.07 Å². The first-order valence-electron chi connectivity index (χ1n) is 3.95. The van der Waals surface area contributed by atoms with Crippen LogP contribution in [0.15, 0.2) is 24.3 Å². The molecule has 0 heterocycles. The summed E-state index contributed by atoms with van der Waals surface area (Å²) in [6.45, 7) is 0.482. The zero-order valence-corrected chi connectivity index (χ0v) is 6.83.